The van der Waals surface area contributed by atoms with Gasteiger partial charge in [-0.05, 0) is 17.7 Å². The van der Waals surface area contributed by atoms with Crippen LogP contribution < -0.4 is 0 Å². The van der Waals surface area contributed by atoms with Crippen LogP contribution in [0.5, 0.6) is 0 Å². The van der Waals surface area contributed by atoms with Crippen LogP contribution in [0.2, 0.25) is 0 Å². The Morgan fingerprint density at radius 1 is 0.714 bits per heavy atom. The fraction of sp³-hybridized carbons (Fsp3) is 0.0909. The van der Waals surface area contributed by atoms with Crippen molar-refractivity contribution in [2.75, 3.05) is 0 Å². The molecule has 0 heterocycles. The lowest BCUT2D eigenvalue weighted by Crippen LogP contribution is -1.89. The van der Waals surface area contributed by atoms with Crippen LogP contribution in [0.15, 0.2) is 42.5 Å². The Morgan fingerprint density at radius 3 is 1.52 bits per heavy atom. The molecule has 8 nitrogen and oxygen atoms in total. The van der Waals surface area contributed by atoms with E-state index >= 15 is 0 Å². The number of hydrogen-bond acceptors (Lipinski definition) is 4. The third-order valence-corrected chi connectivity index (χ3v) is 1.90. The van der Waals surface area contributed by atoms with Gasteiger partial charge in [-0.1, -0.05) is 48.0 Å². The third-order valence-electron chi connectivity index (χ3n) is 1.90. The highest BCUT2D eigenvalue weighted by Crippen LogP contribution is 2.14. The molecule has 0 radical (unpaired) electrons. The van der Waals surface area contributed by atoms with Gasteiger partial charge in [0.2, 0.25) is 0 Å². The van der Waals surface area contributed by atoms with Crippen LogP contribution in [0.4, 0.5) is 0 Å². The molecule has 0 saturated carbocycles. The van der Waals surface area contributed by atoms with Gasteiger partial charge in [-0.3, -0.25) is 18.2 Å². The number of fused-ring (bicyclic) bond motifs is 1. The number of benzene rings is 2. The smallest absolute Gasteiger partial charge is 0.264 e. The summed E-state index contributed by atoms with van der Waals surface area (Å²) in [6.45, 7) is 2.12. The molecule has 0 atom stereocenters. The fourth-order valence-electron chi connectivity index (χ4n) is 1.31. The molecular formula is C11H14O8S2. The Morgan fingerprint density at radius 2 is 1.10 bits per heavy atom. The first-order valence-corrected chi connectivity index (χ1v) is 8.01. The predicted octanol–water partition coefficient (Wildman–Crippen LogP) is 1.84. The van der Waals surface area contributed by atoms with E-state index in [2.05, 4.69) is 49.4 Å². The van der Waals surface area contributed by atoms with E-state index in [1.165, 1.54) is 16.3 Å². The van der Waals surface area contributed by atoms with E-state index in [-0.39, 0.29) is 0 Å². The lowest BCUT2D eigenvalue weighted by atomic mass is 10.1. The highest BCUT2D eigenvalue weighted by Gasteiger charge is 1.89. The molecule has 0 saturated heterocycles. The van der Waals surface area contributed by atoms with Crippen LogP contribution in [0, 0.1) is 6.92 Å². The summed E-state index contributed by atoms with van der Waals surface area (Å²) in [5, 5.41) is 2.64. The molecule has 4 N–H and O–H groups in total. The van der Waals surface area contributed by atoms with Crippen LogP contribution >= 0.6 is 0 Å². The minimum atomic E-state index is -4.67. The highest BCUT2D eigenvalue weighted by molar-refractivity contribution is 7.80. The van der Waals surface area contributed by atoms with Crippen molar-refractivity contribution in [3.05, 3.63) is 48.0 Å². The van der Waals surface area contributed by atoms with Crippen LogP contribution in [-0.4, -0.2) is 35.0 Å². The summed E-state index contributed by atoms with van der Waals surface area (Å²) in [5.41, 5.74) is 1.32. The molecule has 118 valence electrons. The summed E-state index contributed by atoms with van der Waals surface area (Å²) < 4.78 is 63.2. The van der Waals surface area contributed by atoms with Gasteiger partial charge in [-0.25, -0.2) is 0 Å². The largest absolute Gasteiger partial charge is 0.394 e. The van der Waals surface area contributed by atoms with E-state index in [1.54, 1.807) is 0 Å². The molecule has 0 aliphatic carbocycles. The van der Waals surface area contributed by atoms with Crippen LogP contribution in [0.1, 0.15) is 5.56 Å². The van der Waals surface area contributed by atoms with Crippen molar-refractivity contribution in [3.8, 4) is 0 Å². The zero-order chi connectivity index (χ0) is 16.7. The van der Waals surface area contributed by atoms with E-state index in [9.17, 15) is 0 Å². The van der Waals surface area contributed by atoms with E-state index in [4.69, 9.17) is 35.0 Å². The predicted molar refractivity (Wildman–Crippen MR) is 77.0 cm³/mol. The first kappa shape index (κ1) is 19.4. The first-order valence-electron chi connectivity index (χ1n) is 5.21. The molecule has 0 aliphatic heterocycles. The topological polar surface area (TPSA) is 149 Å². The molecule has 0 spiro atoms. The average molecular weight is 338 g/mol. The minimum Gasteiger partial charge on any atom is -0.264 e. The molecule has 0 aromatic heterocycles. The van der Waals surface area contributed by atoms with Crippen molar-refractivity contribution >= 4 is 31.6 Å². The summed E-state index contributed by atoms with van der Waals surface area (Å²) in [5.74, 6) is 0. The molecule has 0 amide bonds. The lowest BCUT2D eigenvalue weighted by molar-refractivity contribution is 0.378. The Kier molecular flexibility index (Phi) is 7.43. The summed E-state index contributed by atoms with van der Waals surface area (Å²) in [6.07, 6.45) is 0. The minimum absolute atomic E-state index is 1.32. The zero-order valence-corrected chi connectivity index (χ0v) is 12.4. The zero-order valence-electron chi connectivity index (χ0n) is 10.8. The molecule has 2 aromatic rings. The summed E-state index contributed by atoms with van der Waals surface area (Å²) in [6, 6.07) is 14.9. The first-order chi connectivity index (χ1) is 9.36. The van der Waals surface area contributed by atoms with Gasteiger partial charge >= 0.3 is 20.8 Å². The molecule has 10 heteroatoms. The molecular weight excluding hydrogens is 324 g/mol. The second-order valence-corrected chi connectivity index (χ2v) is 5.54. The van der Waals surface area contributed by atoms with Crippen molar-refractivity contribution in [1.82, 2.24) is 0 Å². The van der Waals surface area contributed by atoms with Gasteiger partial charge in [0, 0.05) is 0 Å². The van der Waals surface area contributed by atoms with E-state index in [0.29, 0.717) is 0 Å². The maximum Gasteiger partial charge on any atom is 0.394 e. The van der Waals surface area contributed by atoms with Gasteiger partial charge in [0.1, 0.15) is 0 Å². The monoisotopic (exact) mass is 338 g/mol. The highest BCUT2D eigenvalue weighted by atomic mass is 32.3. The van der Waals surface area contributed by atoms with Crippen LogP contribution in [0.25, 0.3) is 10.8 Å². The van der Waals surface area contributed by atoms with Gasteiger partial charge in [0.05, 0.1) is 0 Å². The summed E-state index contributed by atoms with van der Waals surface area (Å²) in [4.78, 5) is 0. The number of aryl methyl sites for hydroxylation is 1. The van der Waals surface area contributed by atoms with Crippen LogP contribution in [-0.2, 0) is 20.8 Å². The SMILES string of the molecule is Cc1ccc2ccccc2c1.O=S(=O)(O)O.O=S(=O)(O)O. The molecule has 0 fully saturated rings. The van der Waals surface area contributed by atoms with E-state index < -0.39 is 20.8 Å². The summed E-state index contributed by atoms with van der Waals surface area (Å²) >= 11 is 0. The Balaban J connectivity index is 0.000000340. The van der Waals surface area contributed by atoms with Crippen molar-refractivity contribution in [2.24, 2.45) is 0 Å². The molecule has 21 heavy (non-hydrogen) atoms. The normalized spacial score (nSPS) is 10.9. The Hall–Kier alpha value is -1.56. The van der Waals surface area contributed by atoms with Crippen molar-refractivity contribution in [2.45, 2.75) is 6.92 Å². The van der Waals surface area contributed by atoms with Crippen molar-refractivity contribution in [3.63, 3.8) is 0 Å². The second kappa shape index (κ2) is 8.02. The molecule has 2 rings (SSSR count). The van der Waals surface area contributed by atoms with Crippen molar-refractivity contribution in [1.29, 1.82) is 0 Å². The van der Waals surface area contributed by atoms with Gasteiger partial charge in [0.15, 0.2) is 0 Å². The van der Waals surface area contributed by atoms with Gasteiger partial charge < -0.3 is 0 Å². The molecule has 0 bridgehead atoms. The quantitative estimate of drug-likeness (QED) is 0.531. The molecule has 0 aliphatic rings. The van der Waals surface area contributed by atoms with E-state index in [0.717, 1.165) is 0 Å². The Bertz CT molecular complexity index is 735. The summed E-state index contributed by atoms with van der Waals surface area (Å²) in [7, 11) is -9.33. The average Bonchev–Trinajstić information content (AvgIpc) is 2.24. The number of rotatable bonds is 0. The van der Waals surface area contributed by atoms with E-state index in [1.807, 2.05) is 0 Å². The maximum absolute atomic E-state index is 8.74. The standard InChI is InChI=1S/C11H10.2H2O4S/c1-9-6-7-10-4-2-3-5-11(10)8-9;2*1-5(2,3)4/h2-8H,1H3;2*(H2,1,2,3,4). The lowest BCUT2D eigenvalue weighted by Gasteiger charge is -1.96. The van der Waals surface area contributed by atoms with Gasteiger partial charge in [-0.2, -0.15) is 16.8 Å². The maximum atomic E-state index is 8.74. The molecule has 2 aromatic carbocycles. The van der Waals surface area contributed by atoms with Gasteiger partial charge in [0.25, 0.3) is 0 Å². The van der Waals surface area contributed by atoms with Gasteiger partial charge in [-0.15, -0.1) is 0 Å². The van der Waals surface area contributed by atoms with Crippen LogP contribution in [0.3, 0.4) is 0 Å². The number of hydrogen-bond donors (Lipinski definition) is 4. The Labute approximate surface area is 122 Å². The second-order valence-electron chi connectivity index (χ2n) is 3.75. The molecule has 0 unspecified atom stereocenters. The fourth-order valence-corrected chi connectivity index (χ4v) is 1.31. The van der Waals surface area contributed by atoms with Crippen molar-refractivity contribution < 1.29 is 35.0 Å². The third kappa shape index (κ3) is 14.7.